The Bertz CT molecular complexity index is 1230. The van der Waals surface area contributed by atoms with Crippen molar-refractivity contribution in [2.75, 3.05) is 10.3 Å². The summed E-state index contributed by atoms with van der Waals surface area (Å²) >= 11 is 0. The standard InChI is InChI=1S/C18H17N5O5S/c1-12-7-9-14(10-8-12)23(18(26)20-13-5-3-2-4-6-13)22-29(27,28)15-11-19-17(25)21-16(15)24/h2-11,22H,1H3,(H,20,26)(H2,19,21,24,25). The van der Waals surface area contributed by atoms with Crippen molar-refractivity contribution in [2.45, 2.75) is 11.8 Å². The molecule has 0 bridgehead atoms. The van der Waals surface area contributed by atoms with Gasteiger partial charge in [0.2, 0.25) is 0 Å². The first kappa shape index (κ1) is 20.0. The molecule has 0 radical (unpaired) electrons. The largest absolute Gasteiger partial charge is 0.341 e. The average molecular weight is 415 g/mol. The summed E-state index contributed by atoms with van der Waals surface area (Å²) in [7, 11) is -4.50. The zero-order valence-corrected chi connectivity index (χ0v) is 16.0. The molecule has 4 N–H and O–H groups in total. The Morgan fingerprint density at radius 3 is 2.28 bits per heavy atom. The van der Waals surface area contributed by atoms with Crippen LogP contribution in [0.15, 0.2) is 75.3 Å². The van der Waals surface area contributed by atoms with Crippen LogP contribution >= 0.6 is 0 Å². The summed E-state index contributed by atoms with van der Waals surface area (Å²) < 4.78 is 25.4. The number of anilines is 2. The number of nitrogens with one attached hydrogen (secondary N) is 4. The molecule has 0 saturated carbocycles. The highest BCUT2D eigenvalue weighted by molar-refractivity contribution is 7.89. The molecule has 0 unspecified atom stereocenters. The Kier molecular flexibility index (Phi) is 5.61. The van der Waals surface area contributed by atoms with Crippen LogP contribution in [0.2, 0.25) is 0 Å². The third-order valence-corrected chi connectivity index (χ3v) is 5.11. The van der Waals surface area contributed by atoms with Crippen molar-refractivity contribution in [3.63, 3.8) is 0 Å². The molecule has 0 aliphatic rings. The maximum absolute atomic E-state index is 12.8. The summed E-state index contributed by atoms with van der Waals surface area (Å²) in [5.41, 5.74) is -0.416. The third kappa shape index (κ3) is 4.78. The van der Waals surface area contributed by atoms with Gasteiger partial charge in [0.15, 0.2) is 4.90 Å². The number of hydrogen-bond acceptors (Lipinski definition) is 5. The summed E-state index contributed by atoms with van der Waals surface area (Å²) in [5.74, 6) is 0. The van der Waals surface area contributed by atoms with E-state index in [1.54, 1.807) is 54.6 Å². The predicted octanol–water partition coefficient (Wildman–Crippen LogP) is 1.30. The molecule has 3 rings (SSSR count). The van der Waals surface area contributed by atoms with Gasteiger partial charge < -0.3 is 10.3 Å². The zero-order valence-electron chi connectivity index (χ0n) is 15.2. The monoisotopic (exact) mass is 415 g/mol. The second-order valence-electron chi connectivity index (χ2n) is 6.00. The third-order valence-electron chi connectivity index (χ3n) is 3.81. The first-order valence-electron chi connectivity index (χ1n) is 8.33. The molecule has 1 aromatic heterocycles. The first-order chi connectivity index (χ1) is 13.8. The van der Waals surface area contributed by atoms with E-state index in [-0.39, 0.29) is 5.69 Å². The van der Waals surface area contributed by atoms with Gasteiger partial charge in [-0.15, -0.1) is 4.83 Å². The minimum absolute atomic E-state index is 0.216. The molecule has 3 aromatic rings. The SMILES string of the molecule is Cc1ccc(N(NS(=O)(=O)c2c[nH]c(=O)[nH]c2=O)C(=O)Nc2ccccc2)cc1. The van der Waals surface area contributed by atoms with E-state index < -0.39 is 32.2 Å². The Morgan fingerprint density at radius 2 is 1.66 bits per heavy atom. The van der Waals surface area contributed by atoms with Gasteiger partial charge in [-0.05, 0) is 31.2 Å². The van der Waals surface area contributed by atoms with Crippen LogP contribution in [-0.2, 0) is 10.0 Å². The van der Waals surface area contributed by atoms with Gasteiger partial charge >= 0.3 is 11.7 Å². The van der Waals surface area contributed by atoms with Gasteiger partial charge in [-0.25, -0.2) is 23.0 Å². The summed E-state index contributed by atoms with van der Waals surface area (Å²) in [6.45, 7) is 1.84. The van der Waals surface area contributed by atoms with Crippen molar-refractivity contribution in [3.8, 4) is 0 Å². The molecule has 29 heavy (non-hydrogen) atoms. The zero-order chi connectivity index (χ0) is 21.0. The van der Waals surface area contributed by atoms with E-state index in [1.807, 2.05) is 11.9 Å². The number of aryl methyl sites for hydroxylation is 1. The van der Waals surface area contributed by atoms with Crippen molar-refractivity contribution in [1.82, 2.24) is 14.8 Å². The van der Waals surface area contributed by atoms with Crippen LogP contribution in [-0.4, -0.2) is 24.4 Å². The van der Waals surface area contributed by atoms with Crippen molar-refractivity contribution in [1.29, 1.82) is 0 Å². The molecule has 0 fully saturated rings. The Hall–Kier alpha value is -3.70. The Morgan fingerprint density at radius 1 is 1.00 bits per heavy atom. The van der Waals surface area contributed by atoms with Gasteiger partial charge in [0, 0.05) is 11.9 Å². The van der Waals surface area contributed by atoms with Crippen LogP contribution in [0.4, 0.5) is 16.2 Å². The fourth-order valence-electron chi connectivity index (χ4n) is 2.37. The van der Waals surface area contributed by atoms with Crippen LogP contribution in [0.25, 0.3) is 0 Å². The number of nitrogens with zero attached hydrogens (tertiary/aromatic N) is 1. The summed E-state index contributed by atoms with van der Waals surface area (Å²) in [5, 5.41) is 3.33. The predicted molar refractivity (Wildman–Crippen MR) is 107 cm³/mol. The number of amides is 2. The summed E-state index contributed by atoms with van der Waals surface area (Å²) in [6.07, 6.45) is 0.756. The lowest BCUT2D eigenvalue weighted by atomic mass is 10.2. The second kappa shape index (κ2) is 8.12. The molecule has 0 atom stereocenters. The molecule has 11 heteroatoms. The molecule has 0 aliphatic carbocycles. The number of aromatic amines is 2. The number of aromatic nitrogens is 2. The lowest BCUT2D eigenvalue weighted by Gasteiger charge is -2.23. The minimum Gasteiger partial charge on any atom is -0.313 e. The Labute approximate surface area is 165 Å². The van der Waals surface area contributed by atoms with Gasteiger partial charge in [0.05, 0.1) is 5.69 Å². The lowest BCUT2D eigenvalue weighted by Crippen LogP contribution is -2.49. The van der Waals surface area contributed by atoms with Crippen LogP contribution in [0.5, 0.6) is 0 Å². The van der Waals surface area contributed by atoms with Crippen molar-refractivity contribution >= 4 is 27.4 Å². The number of carbonyl (C=O) groups excluding carboxylic acids is 1. The molecule has 0 saturated heterocycles. The van der Waals surface area contributed by atoms with Crippen LogP contribution < -0.4 is 26.4 Å². The molecule has 0 aliphatic heterocycles. The number of urea groups is 1. The lowest BCUT2D eigenvalue weighted by molar-refractivity contribution is 0.256. The van der Waals surface area contributed by atoms with E-state index in [4.69, 9.17) is 0 Å². The van der Waals surface area contributed by atoms with Crippen molar-refractivity contribution < 1.29 is 13.2 Å². The van der Waals surface area contributed by atoms with Gasteiger partial charge in [-0.1, -0.05) is 35.9 Å². The quantitative estimate of drug-likeness (QED) is 0.464. The number of hydrazine groups is 1. The highest BCUT2D eigenvalue weighted by Crippen LogP contribution is 2.17. The average Bonchev–Trinajstić information content (AvgIpc) is 2.67. The van der Waals surface area contributed by atoms with E-state index in [0.29, 0.717) is 5.69 Å². The first-order valence-corrected chi connectivity index (χ1v) is 9.82. The van der Waals surface area contributed by atoms with E-state index >= 15 is 0 Å². The van der Waals surface area contributed by atoms with Gasteiger partial charge in [0.1, 0.15) is 0 Å². The number of H-pyrrole nitrogens is 2. The molecular weight excluding hydrogens is 398 g/mol. The fourth-order valence-corrected chi connectivity index (χ4v) is 3.41. The van der Waals surface area contributed by atoms with Gasteiger partial charge in [-0.3, -0.25) is 9.78 Å². The molecule has 10 nitrogen and oxygen atoms in total. The van der Waals surface area contributed by atoms with Gasteiger partial charge in [-0.2, -0.15) is 0 Å². The summed E-state index contributed by atoms with van der Waals surface area (Å²) in [6, 6.07) is 14.1. The molecule has 1 heterocycles. The van der Waals surface area contributed by atoms with Crippen LogP contribution in [0, 0.1) is 6.92 Å². The normalized spacial score (nSPS) is 11.1. The number of sulfonamides is 1. The number of para-hydroxylation sites is 1. The number of hydrogen-bond donors (Lipinski definition) is 4. The van der Waals surface area contributed by atoms with E-state index in [0.717, 1.165) is 16.8 Å². The van der Waals surface area contributed by atoms with E-state index in [2.05, 4.69) is 15.1 Å². The molecule has 2 amide bonds. The topological polar surface area (TPSA) is 144 Å². The fraction of sp³-hybridized carbons (Fsp3) is 0.0556. The van der Waals surface area contributed by atoms with E-state index in [1.165, 1.54) is 0 Å². The highest BCUT2D eigenvalue weighted by atomic mass is 32.2. The maximum Gasteiger partial charge on any atom is 0.341 e. The maximum atomic E-state index is 12.8. The molecule has 150 valence electrons. The number of rotatable bonds is 5. The number of benzene rings is 2. The van der Waals surface area contributed by atoms with Crippen LogP contribution in [0.3, 0.4) is 0 Å². The highest BCUT2D eigenvalue weighted by Gasteiger charge is 2.26. The van der Waals surface area contributed by atoms with Crippen molar-refractivity contribution in [2.24, 2.45) is 0 Å². The molecule has 2 aromatic carbocycles. The minimum atomic E-state index is -4.50. The second-order valence-corrected chi connectivity index (χ2v) is 7.63. The molecule has 0 spiro atoms. The molecular formula is C18H17N5O5S. The number of carbonyl (C=O) groups is 1. The van der Waals surface area contributed by atoms with Crippen molar-refractivity contribution in [3.05, 3.63) is 87.2 Å². The van der Waals surface area contributed by atoms with E-state index in [9.17, 15) is 22.8 Å². The smallest absolute Gasteiger partial charge is 0.313 e. The van der Waals surface area contributed by atoms with Gasteiger partial charge in [0.25, 0.3) is 15.6 Å². The Balaban J connectivity index is 1.98. The summed E-state index contributed by atoms with van der Waals surface area (Å²) in [4.78, 5) is 41.1. The van der Waals surface area contributed by atoms with Crippen LogP contribution in [0.1, 0.15) is 5.56 Å².